The zero-order chi connectivity index (χ0) is 26.6. The average Bonchev–Trinajstić information content (AvgIpc) is 2.88. The fourth-order valence-corrected chi connectivity index (χ4v) is 4.20. The largest absolute Gasteiger partial charge is 0.444 e. The monoisotopic (exact) mass is 501 g/mol. The number of ether oxygens (including phenoxy) is 1. The average molecular weight is 502 g/mol. The maximum Gasteiger partial charge on any atom is 0.408 e. The van der Waals surface area contributed by atoms with Crippen LogP contribution in [0.15, 0.2) is 42.5 Å². The van der Waals surface area contributed by atoms with E-state index in [1.807, 2.05) is 13.8 Å². The SMILES string of the molecule is CC(C)N1C(=O)[C@@H](NC(=O)[C@@H](Cc2cccc(F)c2)NC(=O)OC(C)(C)C)CCc2cc(F)ccc21. The predicted octanol–water partition coefficient (Wildman–Crippen LogP) is 4.27. The van der Waals surface area contributed by atoms with Crippen LogP contribution in [0.3, 0.4) is 0 Å². The van der Waals surface area contributed by atoms with Crippen molar-refractivity contribution in [3.63, 3.8) is 0 Å². The van der Waals surface area contributed by atoms with Crippen molar-refractivity contribution >= 4 is 23.6 Å². The van der Waals surface area contributed by atoms with E-state index in [0.717, 1.165) is 0 Å². The Balaban J connectivity index is 1.84. The fraction of sp³-hybridized carbons (Fsp3) is 0.444. The number of amides is 3. The Morgan fingerprint density at radius 2 is 1.81 bits per heavy atom. The van der Waals surface area contributed by atoms with Gasteiger partial charge >= 0.3 is 6.09 Å². The minimum atomic E-state index is -1.12. The molecule has 0 saturated heterocycles. The zero-order valence-electron chi connectivity index (χ0n) is 21.2. The molecule has 1 aliphatic heterocycles. The number of anilines is 1. The van der Waals surface area contributed by atoms with Gasteiger partial charge in [-0.15, -0.1) is 0 Å². The van der Waals surface area contributed by atoms with E-state index in [9.17, 15) is 23.2 Å². The molecule has 2 atom stereocenters. The van der Waals surface area contributed by atoms with Gasteiger partial charge in [-0.3, -0.25) is 9.59 Å². The second kappa shape index (κ2) is 11.1. The molecule has 1 heterocycles. The molecule has 0 radical (unpaired) electrons. The molecule has 194 valence electrons. The van der Waals surface area contributed by atoms with Gasteiger partial charge in [0.2, 0.25) is 11.8 Å². The van der Waals surface area contributed by atoms with Gasteiger partial charge in [-0.2, -0.15) is 0 Å². The molecule has 0 fully saturated rings. The highest BCUT2D eigenvalue weighted by atomic mass is 19.1. The molecule has 36 heavy (non-hydrogen) atoms. The Kier molecular flexibility index (Phi) is 8.32. The highest BCUT2D eigenvalue weighted by Gasteiger charge is 2.35. The summed E-state index contributed by atoms with van der Waals surface area (Å²) >= 11 is 0. The van der Waals surface area contributed by atoms with Gasteiger partial charge in [0, 0.05) is 18.2 Å². The van der Waals surface area contributed by atoms with Crippen LogP contribution in [0.5, 0.6) is 0 Å². The summed E-state index contributed by atoms with van der Waals surface area (Å²) in [5, 5.41) is 5.31. The maximum absolute atomic E-state index is 13.9. The van der Waals surface area contributed by atoms with Crippen molar-refractivity contribution in [2.24, 2.45) is 0 Å². The molecule has 3 amide bonds. The van der Waals surface area contributed by atoms with Crippen molar-refractivity contribution < 1.29 is 27.9 Å². The Labute approximate surface area is 210 Å². The van der Waals surface area contributed by atoms with Crippen molar-refractivity contribution in [3.05, 3.63) is 65.2 Å². The number of halogens is 2. The van der Waals surface area contributed by atoms with Crippen LogP contribution < -0.4 is 15.5 Å². The van der Waals surface area contributed by atoms with Crippen molar-refractivity contribution in [1.82, 2.24) is 10.6 Å². The van der Waals surface area contributed by atoms with Crippen molar-refractivity contribution in [2.45, 2.75) is 77.6 Å². The van der Waals surface area contributed by atoms with Gasteiger partial charge in [-0.05, 0) is 88.9 Å². The molecule has 1 aliphatic rings. The quantitative estimate of drug-likeness (QED) is 0.619. The van der Waals surface area contributed by atoms with Crippen LogP contribution in [0.2, 0.25) is 0 Å². The lowest BCUT2D eigenvalue weighted by Crippen LogP contribution is -2.56. The number of carbonyl (C=O) groups is 3. The summed E-state index contributed by atoms with van der Waals surface area (Å²) in [5.41, 5.74) is 0.985. The molecule has 0 saturated carbocycles. The number of hydrogen-bond donors (Lipinski definition) is 2. The van der Waals surface area contributed by atoms with E-state index >= 15 is 0 Å². The van der Waals surface area contributed by atoms with Crippen molar-refractivity contribution in [2.75, 3.05) is 4.90 Å². The van der Waals surface area contributed by atoms with E-state index in [0.29, 0.717) is 23.2 Å². The molecular weight excluding hydrogens is 468 g/mol. The van der Waals surface area contributed by atoms with Crippen LogP contribution in [0, 0.1) is 11.6 Å². The predicted molar refractivity (Wildman–Crippen MR) is 133 cm³/mol. The number of aryl methyl sites for hydroxylation is 1. The van der Waals surface area contributed by atoms with Crippen LogP contribution >= 0.6 is 0 Å². The Hall–Kier alpha value is -3.49. The van der Waals surface area contributed by atoms with E-state index in [2.05, 4.69) is 10.6 Å². The van der Waals surface area contributed by atoms with Gasteiger partial charge in [0.05, 0.1) is 0 Å². The summed E-state index contributed by atoms with van der Waals surface area (Å²) in [5.74, 6) is -1.81. The number of fused-ring (bicyclic) bond motifs is 1. The Morgan fingerprint density at radius 3 is 2.44 bits per heavy atom. The summed E-state index contributed by atoms with van der Waals surface area (Å²) in [4.78, 5) is 40.8. The van der Waals surface area contributed by atoms with Gasteiger partial charge in [-0.25, -0.2) is 13.6 Å². The number of alkyl carbamates (subject to hydrolysis) is 1. The lowest BCUT2D eigenvalue weighted by Gasteiger charge is -2.30. The molecule has 9 heteroatoms. The summed E-state index contributed by atoms with van der Waals surface area (Å²) in [6.07, 6.45) is -0.189. The minimum Gasteiger partial charge on any atom is -0.444 e. The van der Waals surface area contributed by atoms with E-state index < -0.39 is 41.3 Å². The van der Waals surface area contributed by atoms with E-state index in [4.69, 9.17) is 4.74 Å². The highest BCUT2D eigenvalue weighted by molar-refractivity contribution is 6.01. The molecule has 2 aromatic carbocycles. The maximum atomic E-state index is 13.9. The first-order chi connectivity index (χ1) is 16.8. The summed E-state index contributed by atoms with van der Waals surface area (Å²) < 4.78 is 32.9. The normalized spacial score (nSPS) is 16.7. The number of carbonyl (C=O) groups excluding carboxylic acids is 3. The first-order valence-corrected chi connectivity index (χ1v) is 12.0. The number of nitrogens with one attached hydrogen (secondary N) is 2. The number of benzene rings is 2. The van der Waals surface area contributed by atoms with Crippen LogP contribution in [0.25, 0.3) is 0 Å². The Morgan fingerprint density at radius 1 is 1.11 bits per heavy atom. The minimum absolute atomic E-state index is 0.0108. The lowest BCUT2D eigenvalue weighted by atomic mass is 10.0. The van der Waals surface area contributed by atoms with Gasteiger partial charge in [-0.1, -0.05) is 12.1 Å². The van der Waals surface area contributed by atoms with E-state index in [-0.39, 0.29) is 24.8 Å². The van der Waals surface area contributed by atoms with Crippen LogP contribution in [-0.2, 0) is 27.2 Å². The second-order valence-electron chi connectivity index (χ2n) is 10.2. The third-order valence-electron chi connectivity index (χ3n) is 5.71. The standard InChI is InChI=1S/C27H33F2N3O4/c1-16(2)32-23-12-10-20(29)15-18(23)9-11-21(25(32)34)30-24(33)22(31-26(35)36-27(3,4)5)14-17-7-6-8-19(28)13-17/h6-8,10,12-13,15-16,21-22H,9,11,14H2,1-5H3,(H,30,33)(H,31,35)/t21-,22+/m0/s1. The highest BCUT2D eigenvalue weighted by Crippen LogP contribution is 2.29. The van der Waals surface area contributed by atoms with Gasteiger partial charge in [0.15, 0.2) is 0 Å². The Bertz CT molecular complexity index is 1130. The smallest absolute Gasteiger partial charge is 0.408 e. The van der Waals surface area contributed by atoms with Crippen LogP contribution in [0.1, 0.15) is 52.2 Å². The first-order valence-electron chi connectivity index (χ1n) is 12.0. The van der Waals surface area contributed by atoms with Crippen molar-refractivity contribution in [1.29, 1.82) is 0 Å². The fourth-order valence-electron chi connectivity index (χ4n) is 4.20. The van der Waals surface area contributed by atoms with Crippen LogP contribution in [-0.4, -0.2) is 41.6 Å². The molecular formula is C27H33F2N3O4. The topological polar surface area (TPSA) is 87.7 Å². The first kappa shape index (κ1) is 27.1. The molecule has 3 rings (SSSR count). The molecule has 0 unspecified atom stereocenters. The molecule has 0 spiro atoms. The van der Waals surface area contributed by atoms with Crippen LogP contribution in [0.4, 0.5) is 19.3 Å². The summed E-state index contributed by atoms with van der Waals surface area (Å²) in [6.45, 7) is 8.76. The number of hydrogen-bond acceptors (Lipinski definition) is 4. The summed E-state index contributed by atoms with van der Waals surface area (Å²) in [7, 11) is 0. The molecule has 2 N–H and O–H groups in total. The van der Waals surface area contributed by atoms with Gasteiger partial charge < -0.3 is 20.3 Å². The molecule has 7 nitrogen and oxygen atoms in total. The van der Waals surface area contributed by atoms with E-state index in [1.54, 1.807) is 37.8 Å². The third kappa shape index (κ3) is 7.02. The zero-order valence-corrected chi connectivity index (χ0v) is 21.2. The van der Waals surface area contributed by atoms with Gasteiger partial charge in [0.25, 0.3) is 0 Å². The second-order valence-corrected chi connectivity index (χ2v) is 10.2. The number of rotatable bonds is 6. The molecule has 0 aromatic heterocycles. The molecule has 0 bridgehead atoms. The third-order valence-corrected chi connectivity index (χ3v) is 5.71. The molecule has 2 aromatic rings. The number of nitrogens with zero attached hydrogens (tertiary/aromatic N) is 1. The molecule has 0 aliphatic carbocycles. The van der Waals surface area contributed by atoms with E-state index in [1.165, 1.54) is 30.3 Å². The lowest BCUT2D eigenvalue weighted by molar-refractivity contribution is -0.129. The summed E-state index contributed by atoms with van der Waals surface area (Å²) in [6, 6.07) is 7.74. The van der Waals surface area contributed by atoms with Gasteiger partial charge in [0.1, 0.15) is 29.3 Å². The van der Waals surface area contributed by atoms with Crippen molar-refractivity contribution in [3.8, 4) is 0 Å².